The second-order valence-corrected chi connectivity index (χ2v) is 6.08. The lowest BCUT2D eigenvalue weighted by atomic mass is 10.2. The molecule has 112 valence electrons. The van der Waals surface area contributed by atoms with Gasteiger partial charge in [-0.3, -0.25) is 9.59 Å². The van der Waals surface area contributed by atoms with E-state index in [1.807, 2.05) is 25.1 Å². The number of benzene rings is 1. The highest BCUT2D eigenvalue weighted by Crippen LogP contribution is 2.22. The van der Waals surface area contributed by atoms with E-state index in [1.54, 1.807) is 6.07 Å². The van der Waals surface area contributed by atoms with E-state index in [-0.39, 0.29) is 18.1 Å². The van der Waals surface area contributed by atoms with Crippen molar-refractivity contribution < 1.29 is 19.5 Å². The Morgan fingerprint density at radius 2 is 2.24 bits per heavy atom. The maximum Gasteiger partial charge on any atom is 0.327 e. The molecule has 0 spiro atoms. The highest BCUT2D eigenvalue weighted by molar-refractivity contribution is 8.00. The summed E-state index contributed by atoms with van der Waals surface area (Å²) < 4.78 is 0. The molecule has 2 amide bonds. The van der Waals surface area contributed by atoms with Crippen LogP contribution in [0.1, 0.15) is 12.0 Å². The Balaban J connectivity index is 1.89. The molecule has 0 radical (unpaired) electrons. The average Bonchev–Trinajstić information content (AvgIpc) is 2.40. The van der Waals surface area contributed by atoms with Crippen molar-refractivity contribution in [3.05, 3.63) is 29.8 Å². The SMILES string of the molecule is Cc1cccc(NC(=O)C[C@H]2SC[C@H](C(=O)O)NC2=O)c1. The zero-order valence-electron chi connectivity index (χ0n) is 11.5. The first-order valence-corrected chi connectivity index (χ1v) is 7.52. The summed E-state index contributed by atoms with van der Waals surface area (Å²) >= 11 is 1.20. The largest absolute Gasteiger partial charge is 0.480 e. The van der Waals surface area contributed by atoms with Crippen LogP contribution in [0, 0.1) is 6.92 Å². The molecular weight excluding hydrogens is 292 g/mol. The third-order valence-electron chi connectivity index (χ3n) is 3.04. The van der Waals surface area contributed by atoms with Gasteiger partial charge in [-0.2, -0.15) is 0 Å². The molecule has 1 heterocycles. The van der Waals surface area contributed by atoms with Crippen molar-refractivity contribution in [3.63, 3.8) is 0 Å². The van der Waals surface area contributed by atoms with E-state index < -0.39 is 23.2 Å². The molecule has 7 heteroatoms. The number of carbonyl (C=O) groups excluding carboxylic acids is 2. The zero-order valence-corrected chi connectivity index (χ0v) is 12.3. The molecule has 1 aliphatic rings. The van der Waals surface area contributed by atoms with Gasteiger partial charge in [-0.15, -0.1) is 11.8 Å². The van der Waals surface area contributed by atoms with Crippen molar-refractivity contribution >= 4 is 35.2 Å². The van der Waals surface area contributed by atoms with Crippen molar-refractivity contribution in [1.82, 2.24) is 5.32 Å². The third-order valence-corrected chi connectivity index (χ3v) is 4.35. The number of carboxylic acids is 1. The quantitative estimate of drug-likeness (QED) is 0.771. The molecule has 0 aromatic heterocycles. The number of aryl methyl sites for hydroxylation is 1. The highest BCUT2D eigenvalue weighted by Gasteiger charge is 2.33. The van der Waals surface area contributed by atoms with Crippen LogP contribution < -0.4 is 10.6 Å². The highest BCUT2D eigenvalue weighted by atomic mass is 32.2. The first-order valence-electron chi connectivity index (χ1n) is 6.47. The molecule has 0 bridgehead atoms. The van der Waals surface area contributed by atoms with Gasteiger partial charge in [0.1, 0.15) is 6.04 Å². The molecule has 0 aliphatic carbocycles. The first kappa shape index (κ1) is 15.4. The van der Waals surface area contributed by atoms with Crippen LogP contribution in [0.2, 0.25) is 0 Å². The minimum absolute atomic E-state index is 0.0246. The number of hydrogen-bond acceptors (Lipinski definition) is 4. The van der Waals surface area contributed by atoms with Crippen LogP contribution in [0.3, 0.4) is 0 Å². The third kappa shape index (κ3) is 4.22. The van der Waals surface area contributed by atoms with Crippen molar-refractivity contribution in [2.45, 2.75) is 24.6 Å². The second-order valence-electron chi connectivity index (χ2n) is 4.84. The molecule has 1 saturated heterocycles. The Kier molecular flexibility index (Phi) is 4.85. The summed E-state index contributed by atoms with van der Waals surface area (Å²) in [7, 11) is 0. The fourth-order valence-electron chi connectivity index (χ4n) is 1.98. The van der Waals surface area contributed by atoms with Crippen LogP contribution in [0.4, 0.5) is 5.69 Å². The molecule has 3 N–H and O–H groups in total. The van der Waals surface area contributed by atoms with E-state index in [2.05, 4.69) is 10.6 Å². The van der Waals surface area contributed by atoms with E-state index in [9.17, 15) is 14.4 Å². The Morgan fingerprint density at radius 3 is 2.86 bits per heavy atom. The average molecular weight is 308 g/mol. The van der Waals surface area contributed by atoms with Crippen molar-refractivity contribution in [1.29, 1.82) is 0 Å². The zero-order chi connectivity index (χ0) is 15.4. The van der Waals surface area contributed by atoms with Gasteiger partial charge in [0, 0.05) is 17.9 Å². The Labute approximate surface area is 126 Å². The summed E-state index contributed by atoms with van der Waals surface area (Å²) in [6, 6.07) is 6.50. The molecule has 2 rings (SSSR count). The first-order chi connectivity index (χ1) is 9.95. The number of amides is 2. The smallest absolute Gasteiger partial charge is 0.327 e. The number of hydrogen-bond donors (Lipinski definition) is 3. The van der Waals surface area contributed by atoms with Crippen LogP contribution in [0.5, 0.6) is 0 Å². The van der Waals surface area contributed by atoms with Crippen LogP contribution in [0.15, 0.2) is 24.3 Å². The predicted octanol–water partition coefficient (Wildman–Crippen LogP) is 1.01. The second kappa shape index (κ2) is 6.62. The normalized spacial score (nSPS) is 21.5. The van der Waals surface area contributed by atoms with Gasteiger partial charge in [0.15, 0.2) is 0 Å². The van der Waals surface area contributed by atoms with E-state index in [0.717, 1.165) is 5.56 Å². The van der Waals surface area contributed by atoms with E-state index in [0.29, 0.717) is 5.69 Å². The number of aliphatic carboxylic acids is 1. The Morgan fingerprint density at radius 1 is 1.48 bits per heavy atom. The number of rotatable bonds is 4. The van der Waals surface area contributed by atoms with Gasteiger partial charge < -0.3 is 15.7 Å². The fraction of sp³-hybridized carbons (Fsp3) is 0.357. The van der Waals surface area contributed by atoms with Gasteiger partial charge in [0.05, 0.1) is 5.25 Å². The fourth-order valence-corrected chi connectivity index (χ4v) is 3.12. The van der Waals surface area contributed by atoms with Crippen molar-refractivity contribution in [2.75, 3.05) is 11.1 Å². The number of anilines is 1. The minimum Gasteiger partial charge on any atom is -0.480 e. The molecule has 1 aromatic carbocycles. The Hall–Kier alpha value is -2.02. The van der Waals surface area contributed by atoms with Crippen molar-refractivity contribution in [3.8, 4) is 0 Å². The van der Waals surface area contributed by atoms with Crippen molar-refractivity contribution in [2.24, 2.45) is 0 Å². The molecule has 1 aromatic rings. The summed E-state index contributed by atoms with van der Waals surface area (Å²) in [5.41, 5.74) is 1.71. The lowest BCUT2D eigenvalue weighted by Crippen LogP contribution is -2.51. The van der Waals surface area contributed by atoms with E-state index in [1.165, 1.54) is 11.8 Å². The molecule has 1 aliphatic heterocycles. The van der Waals surface area contributed by atoms with E-state index in [4.69, 9.17) is 5.11 Å². The molecule has 6 nitrogen and oxygen atoms in total. The van der Waals surface area contributed by atoms with E-state index >= 15 is 0 Å². The lowest BCUT2D eigenvalue weighted by molar-refractivity contribution is -0.141. The molecule has 2 atom stereocenters. The van der Waals surface area contributed by atoms with Crippen LogP contribution in [-0.4, -0.2) is 39.9 Å². The molecule has 0 saturated carbocycles. The number of thioether (sulfide) groups is 1. The summed E-state index contributed by atoms with van der Waals surface area (Å²) in [6.45, 7) is 1.92. The lowest BCUT2D eigenvalue weighted by Gasteiger charge is -2.25. The summed E-state index contributed by atoms with van der Waals surface area (Å²) in [5, 5.41) is 13.4. The summed E-state index contributed by atoms with van der Waals surface area (Å²) in [4.78, 5) is 34.5. The van der Waals surface area contributed by atoms with Crippen LogP contribution in [0.25, 0.3) is 0 Å². The number of carbonyl (C=O) groups is 3. The predicted molar refractivity (Wildman–Crippen MR) is 80.2 cm³/mol. The summed E-state index contributed by atoms with van der Waals surface area (Å²) in [5.74, 6) is -1.46. The maximum absolute atomic E-state index is 11.9. The van der Waals surface area contributed by atoms with Gasteiger partial charge in [0.25, 0.3) is 0 Å². The van der Waals surface area contributed by atoms with Gasteiger partial charge >= 0.3 is 5.97 Å². The minimum atomic E-state index is -1.06. The standard InChI is InChI=1S/C14H16N2O4S/c1-8-3-2-4-9(5-8)15-12(17)6-11-13(18)16-10(7-21-11)14(19)20/h2-5,10-11H,6-7H2,1H3,(H,15,17)(H,16,18)(H,19,20)/t10-,11-/m1/s1. The molecule has 0 unspecified atom stereocenters. The van der Waals surface area contributed by atoms with Crippen LogP contribution >= 0.6 is 11.8 Å². The van der Waals surface area contributed by atoms with Crippen LogP contribution in [-0.2, 0) is 14.4 Å². The van der Waals surface area contributed by atoms with Gasteiger partial charge in [-0.1, -0.05) is 12.1 Å². The van der Waals surface area contributed by atoms with Gasteiger partial charge in [-0.05, 0) is 24.6 Å². The topological polar surface area (TPSA) is 95.5 Å². The van der Waals surface area contributed by atoms with Gasteiger partial charge in [-0.25, -0.2) is 4.79 Å². The summed E-state index contributed by atoms with van der Waals surface area (Å²) in [6.07, 6.45) is 0.0246. The number of nitrogens with one attached hydrogen (secondary N) is 2. The number of carboxylic acid groups (broad SMARTS) is 1. The Bertz CT molecular complexity index is 576. The monoisotopic (exact) mass is 308 g/mol. The molecule has 21 heavy (non-hydrogen) atoms. The van der Waals surface area contributed by atoms with Gasteiger partial charge in [0.2, 0.25) is 11.8 Å². The molecular formula is C14H16N2O4S. The molecule has 1 fully saturated rings. The maximum atomic E-state index is 11.9.